The lowest BCUT2D eigenvalue weighted by Crippen LogP contribution is -2.25. The minimum Gasteiger partial charge on any atom is -0.237 e. The van der Waals surface area contributed by atoms with Crippen LogP contribution < -0.4 is 0 Å². The zero-order chi connectivity index (χ0) is 37.3. The third kappa shape index (κ3) is 6.76. The summed E-state index contributed by atoms with van der Waals surface area (Å²) >= 11 is 0. The molecule has 0 unspecified atom stereocenters. The molecule has 0 spiro atoms. The van der Waals surface area contributed by atoms with E-state index in [4.69, 9.17) is 0 Å². The first-order valence-electron chi connectivity index (χ1n) is 14.1. The standard InChI is InChI=1S/C29H18F12N10/c1-25(2,17-5-3-15(48-11-7-19(44-48)26(30,31)32)23(42-17)50-13-9-21(46-50)28(36,37)38)18-6-4-16(49-12-8-20(45-49)27(33,34)35)24(43-18)51-14-10-22(47-51)29(39,40)41/h3-14H,1-2H3. The highest BCUT2D eigenvalue weighted by atomic mass is 19.4. The molecule has 6 aromatic heterocycles. The molecule has 6 rings (SSSR count). The molecule has 0 saturated heterocycles. The van der Waals surface area contributed by atoms with Gasteiger partial charge in [-0.1, -0.05) is 0 Å². The second-order valence-corrected chi connectivity index (χ2v) is 11.3. The van der Waals surface area contributed by atoms with Crippen LogP contribution in [0.1, 0.15) is 48.0 Å². The summed E-state index contributed by atoms with van der Waals surface area (Å²) in [4.78, 5) is 8.84. The van der Waals surface area contributed by atoms with Gasteiger partial charge in [0.25, 0.3) is 0 Å². The summed E-state index contributed by atoms with van der Waals surface area (Å²) in [6.45, 7) is 3.01. The summed E-state index contributed by atoms with van der Waals surface area (Å²) in [5, 5.41) is 13.9. The van der Waals surface area contributed by atoms with Gasteiger partial charge in [0.15, 0.2) is 34.4 Å². The largest absolute Gasteiger partial charge is 0.435 e. The predicted octanol–water partition coefficient (Wildman–Crippen LogP) is 7.62. The van der Waals surface area contributed by atoms with Gasteiger partial charge in [-0.05, 0) is 62.4 Å². The van der Waals surface area contributed by atoms with Crippen LogP contribution in [0.5, 0.6) is 0 Å². The number of hydrogen-bond donors (Lipinski definition) is 0. The second-order valence-electron chi connectivity index (χ2n) is 11.3. The summed E-state index contributed by atoms with van der Waals surface area (Å²) in [5.41, 5.74) is -7.10. The van der Waals surface area contributed by atoms with Crippen molar-refractivity contribution in [1.29, 1.82) is 0 Å². The van der Waals surface area contributed by atoms with Gasteiger partial charge in [0, 0.05) is 30.2 Å². The van der Waals surface area contributed by atoms with Gasteiger partial charge >= 0.3 is 24.7 Å². The zero-order valence-corrected chi connectivity index (χ0v) is 25.4. The summed E-state index contributed by atoms with van der Waals surface area (Å²) in [7, 11) is 0. The number of nitrogens with zero attached hydrogens (tertiary/aromatic N) is 10. The normalized spacial score (nSPS) is 13.3. The molecule has 0 aromatic carbocycles. The maximum Gasteiger partial charge on any atom is 0.435 e. The van der Waals surface area contributed by atoms with Gasteiger partial charge in [0.2, 0.25) is 0 Å². The van der Waals surface area contributed by atoms with Crippen LogP contribution in [0.2, 0.25) is 0 Å². The Balaban J connectivity index is 1.50. The lowest BCUT2D eigenvalue weighted by Gasteiger charge is -2.26. The maximum atomic E-state index is 13.4. The number of rotatable bonds is 6. The molecular weight excluding hydrogens is 716 g/mol. The molecule has 268 valence electrons. The summed E-state index contributed by atoms with van der Waals surface area (Å²) in [6, 6.07) is 7.51. The SMILES string of the molecule is CC(C)(c1ccc(-n2ccc(C(F)(F)F)n2)c(-n2ccc(C(F)(F)F)n2)n1)c1ccc(-n2ccc(C(F)(F)F)n2)c(-n2ccc(C(F)(F)F)n2)n1. The van der Waals surface area contributed by atoms with E-state index in [1.54, 1.807) is 0 Å². The van der Waals surface area contributed by atoms with E-state index in [1.165, 1.54) is 38.1 Å². The lowest BCUT2D eigenvalue weighted by atomic mass is 9.84. The van der Waals surface area contributed by atoms with Crippen LogP contribution in [0.3, 0.4) is 0 Å². The Morgan fingerprint density at radius 3 is 0.922 bits per heavy atom. The molecular formula is C29H18F12N10. The molecule has 0 atom stereocenters. The third-order valence-corrected chi connectivity index (χ3v) is 7.44. The Kier molecular flexibility index (Phi) is 8.05. The number of pyridine rings is 2. The van der Waals surface area contributed by atoms with E-state index < -0.39 is 64.5 Å². The first-order valence-corrected chi connectivity index (χ1v) is 14.1. The summed E-state index contributed by atoms with van der Waals surface area (Å²) < 4.78 is 163. The van der Waals surface area contributed by atoms with Gasteiger partial charge in [-0.3, -0.25) is 0 Å². The monoisotopic (exact) mass is 734 g/mol. The van der Waals surface area contributed by atoms with Crippen LogP contribution in [0.4, 0.5) is 52.7 Å². The van der Waals surface area contributed by atoms with E-state index in [9.17, 15) is 52.7 Å². The number of alkyl halides is 12. The minimum atomic E-state index is -4.90. The Labute approximate surface area is 276 Å². The maximum absolute atomic E-state index is 13.4. The van der Waals surface area contributed by atoms with E-state index >= 15 is 0 Å². The topological polar surface area (TPSA) is 97.1 Å². The van der Waals surface area contributed by atoms with Gasteiger partial charge < -0.3 is 0 Å². The lowest BCUT2D eigenvalue weighted by molar-refractivity contribution is -0.142. The van der Waals surface area contributed by atoms with Gasteiger partial charge in [-0.25, -0.2) is 28.7 Å². The smallest absolute Gasteiger partial charge is 0.237 e. The van der Waals surface area contributed by atoms with Crippen LogP contribution in [-0.2, 0) is 30.1 Å². The molecule has 0 aliphatic carbocycles. The highest BCUT2D eigenvalue weighted by molar-refractivity contribution is 5.52. The van der Waals surface area contributed by atoms with E-state index in [2.05, 4.69) is 30.4 Å². The highest BCUT2D eigenvalue weighted by Crippen LogP contribution is 2.36. The molecule has 6 heterocycles. The fourth-order valence-electron chi connectivity index (χ4n) is 4.81. The van der Waals surface area contributed by atoms with Crippen molar-refractivity contribution in [3.8, 4) is 23.0 Å². The van der Waals surface area contributed by atoms with Gasteiger partial charge in [0.1, 0.15) is 11.4 Å². The van der Waals surface area contributed by atoms with Crippen LogP contribution in [0, 0.1) is 0 Å². The molecule has 10 nitrogen and oxygen atoms in total. The van der Waals surface area contributed by atoms with E-state index in [0.717, 1.165) is 34.2 Å². The molecule has 0 amide bonds. The molecule has 6 aromatic rings. The quantitative estimate of drug-likeness (QED) is 0.164. The van der Waals surface area contributed by atoms with Crippen molar-refractivity contribution in [2.45, 2.75) is 44.0 Å². The third-order valence-electron chi connectivity index (χ3n) is 7.44. The molecule has 22 heteroatoms. The molecule has 0 radical (unpaired) electrons. The molecule has 0 bridgehead atoms. The Bertz CT molecular complexity index is 2060. The minimum absolute atomic E-state index is 0.0228. The number of aromatic nitrogens is 10. The van der Waals surface area contributed by atoms with Gasteiger partial charge in [0.05, 0.1) is 11.4 Å². The predicted molar refractivity (Wildman–Crippen MR) is 149 cm³/mol. The first-order chi connectivity index (χ1) is 23.5. The van der Waals surface area contributed by atoms with E-state index in [0.29, 0.717) is 33.6 Å². The van der Waals surface area contributed by atoms with Crippen molar-refractivity contribution in [3.05, 3.63) is 107 Å². The highest BCUT2D eigenvalue weighted by Gasteiger charge is 2.38. The van der Waals surface area contributed by atoms with Crippen molar-refractivity contribution >= 4 is 0 Å². The molecule has 0 aliphatic heterocycles. The average molecular weight is 735 g/mol. The Hall–Kier alpha value is -5.70. The summed E-state index contributed by atoms with van der Waals surface area (Å²) in [6.07, 6.45) is -15.9. The Morgan fingerprint density at radius 2 is 0.647 bits per heavy atom. The van der Waals surface area contributed by atoms with Crippen molar-refractivity contribution in [2.75, 3.05) is 0 Å². The van der Waals surface area contributed by atoms with Crippen molar-refractivity contribution in [3.63, 3.8) is 0 Å². The first kappa shape index (κ1) is 35.1. The number of hydrogen-bond acceptors (Lipinski definition) is 6. The zero-order valence-electron chi connectivity index (χ0n) is 25.4. The molecule has 0 aliphatic rings. The second kappa shape index (κ2) is 11.7. The molecule has 0 saturated carbocycles. The average Bonchev–Trinajstić information content (AvgIpc) is 3.85. The Morgan fingerprint density at radius 1 is 0.373 bits per heavy atom. The van der Waals surface area contributed by atoms with Crippen LogP contribution in [0.25, 0.3) is 23.0 Å². The van der Waals surface area contributed by atoms with E-state index in [1.807, 2.05) is 0 Å². The molecule has 51 heavy (non-hydrogen) atoms. The van der Waals surface area contributed by atoms with Crippen LogP contribution >= 0.6 is 0 Å². The van der Waals surface area contributed by atoms with Crippen molar-refractivity contribution in [2.24, 2.45) is 0 Å². The van der Waals surface area contributed by atoms with Gasteiger partial charge in [-0.2, -0.15) is 73.1 Å². The molecule has 0 fully saturated rings. The summed E-state index contributed by atoms with van der Waals surface area (Å²) in [5.74, 6) is -0.800. The van der Waals surface area contributed by atoms with Crippen LogP contribution in [0.15, 0.2) is 73.3 Å². The number of halogens is 12. The van der Waals surface area contributed by atoms with Crippen molar-refractivity contribution in [1.82, 2.24) is 49.1 Å². The van der Waals surface area contributed by atoms with Crippen LogP contribution in [-0.4, -0.2) is 49.1 Å². The van der Waals surface area contributed by atoms with Gasteiger partial charge in [-0.15, -0.1) is 0 Å². The molecule has 0 N–H and O–H groups in total. The fourth-order valence-corrected chi connectivity index (χ4v) is 4.81. The fraction of sp³-hybridized carbons (Fsp3) is 0.241. The van der Waals surface area contributed by atoms with E-state index in [-0.39, 0.29) is 22.8 Å². The van der Waals surface area contributed by atoms with Crippen molar-refractivity contribution < 1.29 is 52.7 Å².